The molecule has 2 aromatic carbocycles. The van der Waals surface area contributed by atoms with Crippen molar-refractivity contribution in [3.05, 3.63) is 48.5 Å². The molecule has 0 radical (unpaired) electrons. The summed E-state index contributed by atoms with van der Waals surface area (Å²) in [7, 11) is -4.41. The second kappa shape index (κ2) is 7.19. The molecular formula is C14H9N2O6P. The molecule has 0 unspecified atom stereocenters. The predicted octanol–water partition coefficient (Wildman–Crippen LogP) is 2.96. The average molecular weight is 332 g/mol. The van der Waals surface area contributed by atoms with Gasteiger partial charge in [0.25, 0.3) is 12.5 Å². The first-order valence-electron chi connectivity index (χ1n) is 6.06. The molecule has 2 rings (SSSR count). The summed E-state index contributed by atoms with van der Waals surface area (Å²) < 4.78 is 30.8. The monoisotopic (exact) mass is 332 g/mol. The van der Waals surface area contributed by atoms with Crippen LogP contribution in [0.2, 0.25) is 0 Å². The molecule has 9 heteroatoms. The molecule has 2 aromatic rings. The SMILES string of the molecule is N#COc1ccc(OP(=O)(O)Oc2ccc(OC#N)cc2)cc1. The number of nitriles is 2. The van der Waals surface area contributed by atoms with Crippen molar-refractivity contribution in [3.8, 4) is 35.5 Å². The Morgan fingerprint density at radius 3 is 1.35 bits per heavy atom. The van der Waals surface area contributed by atoms with E-state index in [4.69, 9.17) is 19.6 Å². The first-order chi connectivity index (χ1) is 11.0. The fraction of sp³-hybridized carbons (Fsp3) is 0. The molecule has 1 N–H and O–H groups in total. The molecule has 0 atom stereocenters. The maximum Gasteiger partial charge on any atom is 0.584 e. The highest BCUT2D eigenvalue weighted by molar-refractivity contribution is 7.48. The van der Waals surface area contributed by atoms with Crippen molar-refractivity contribution < 1.29 is 28.0 Å². The summed E-state index contributed by atoms with van der Waals surface area (Å²) in [5.41, 5.74) is 0. The number of benzene rings is 2. The molecule has 23 heavy (non-hydrogen) atoms. The summed E-state index contributed by atoms with van der Waals surface area (Å²) in [4.78, 5) is 9.71. The number of nitrogens with zero attached hydrogens (tertiary/aromatic N) is 2. The van der Waals surface area contributed by atoms with Gasteiger partial charge in [0.15, 0.2) is 0 Å². The van der Waals surface area contributed by atoms with Crippen LogP contribution in [-0.4, -0.2) is 4.89 Å². The Hall–Kier alpha value is -3.19. The van der Waals surface area contributed by atoms with Gasteiger partial charge in [-0.05, 0) is 48.5 Å². The first kappa shape index (κ1) is 16.2. The van der Waals surface area contributed by atoms with Gasteiger partial charge in [-0.1, -0.05) is 0 Å². The van der Waals surface area contributed by atoms with E-state index in [1.54, 1.807) is 0 Å². The van der Waals surface area contributed by atoms with Crippen LogP contribution in [0, 0.1) is 23.0 Å². The van der Waals surface area contributed by atoms with Crippen LogP contribution in [0.15, 0.2) is 48.5 Å². The van der Waals surface area contributed by atoms with Gasteiger partial charge in [0.1, 0.15) is 23.0 Å². The standard InChI is InChI=1S/C14H9N2O6P/c15-9-19-11-1-5-13(6-2-11)21-23(17,18)22-14-7-3-12(4-8-14)20-10-16/h1-8H,(H,17,18). The van der Waals surface area contributed by atoms with Crippen LogP contribution < -0.4 is 18.5 Å². The lowest BCUT2D eigenvalue weighted by atomic mass is 10.3. The van der Waals surface area contributed by atoms with Gasteiger partial charge in [-0.2, -0.15) is 0 Å². The number of hydrogen-bond donors (Lipinski definition) is 1. The number of hydrogen-bond acceptors (Lipinski definition) is 7. The van der Waals surface area contributed by atoms with E-state index in [-0.39, 0.29) is 23.0 Å². The number of ether oxygens (including phenoxy) is 2. The second-order valence-electron chi connectivity index (χ2n) is 3.98. The highest BCUT2D eigenvalue weighted by atomic mass is 31.2. The topological polar surface area (TPSA) is 122 Å². The summed E-state index contributed by atoms with van der Waals surface area (Å²) in [6, 6.07) is 11.0. The van der Waals surface area contributed by atoms with Crippen LogP contribution in [0.1, 0.15) is 0 Å². The maximum absolute atomic E-state index is 11.9. The Labute approximate surface area is 131 Å². The van der Waals surface area contributed by atoms with E-state index in [1.807, 2.05) is 0 Å². The molecule has 0 saturated carbocycles. The minimum atomic E-state index is -4.41. The molecule has 8 nitrogen and oxygen atoms in total. The van der Waals surface area contributed by atoms with E-state index in [2.05, 4.69) is 9.47 Å². The third kappa shape index (κ3) is 4.94. The Kier molecular flexibility index (Phi) is 5.06. The molecular weight excluding hydrogens is 323 g/mol. The molecule has 0 aliphatic rings. The van der Waals surface area contributed by atoms with Gasteiger partial charge in [0.2, 0.25) is 0 Å². The normalized spacial score (nSPS) is 10.0. The molecule has 0 aromatic heterocycles. The average Bonchev–Trinajstić information content (AvgIpc) is 2.51. The number of rotatable bonds is 6. The van der Waals surface area contributed by atoms with Gasteiger partial charge in [-0.15, -0.1) is 10.5 Å². The summed E-state index contributed by atoms with van der Waals surface area (Å²) in [6.45, 7) is 0. The van der Waals surface area contributed by atoms with Crippen molar-refractivity contribution in [2.75, 3.05) is 0 Å². The van der Waals surface area contributed by atoms with Crippen LogP contribution in [-0.2, 0) is 4.57 Å². The first-order valence-corrected chi connectivity index (χ1v) is 7.56. The largest absolute Gasteiger partial charge is 0.584 e. The van der Waals surface area contributed by atoms with E-state index in [1.165, 1.54) is 61.0 Å². The summed E-state index contributed by atoms with van der Waals surface area (Å²) >= 11 is 0. The van der Waals surface area contributed by atoms with Crippen molar-refractivity contribution in [3.63, 3.8) is 0 Å². The minimum absolute atomic E-state index is 0.0607. The molecule has 0 aliphatic carbocycles. The summed E-state index contributed by atoms with van der Waals surface area (Å²) in [5, 5.41) is 16.7. The van der Waals surface area contributed by atoms with Crippen LogP contribution in [0.4, 0.5) is 0 Å². The summed E-state index contributed by atoms with van der Waals surface area (Å²) in [6.07, 6.45) is 3.00. The predicted molar refractivity (Wildman–Crippen MR) is 76.4 cm³/mol. The van der Waals surface area contributed by atoms with Gasteiger partial charge in [0.05, 0.1) is 0 Å². The highest BCUT2D eigenvalue weighted by Crippen LogP contribution is 2.44. The lowest BCUT2D eigenvalue weighted by Crippen LogP contribution is -1.99. The fourth-order valence-corrected chi connectivity index (χ4v) is 2.34. The van der Waals surface area contributed by atoms with Gasteiger partial charge in [-0.3, -0.25) is 4.89 Å². The van der Waals surface area contributed by atoms with Gasteiger partial charge in [0, 0.05) is 0 Å². The van der Waals surface area contributed by atoms with E-state index in [0.29, 0.717) is 0 Å². The smallest absolute Gasteiger partial charge is 0.395 e. The Bertz CT molecular complexity index is 727. The zero-order valence-electron chi connectivity index (χ0n) is 11.4. The molecule has 116 valence electrons. The second-order valence-corrected chi connectivity index (χ2v) is 5.28. The van der Waals surface area contributed by atoms with Crippen LogP contribution in [0.3, 0.4) is 0 Å². The van der Waals surface area contributed by atoms with Gasteiger partial charge < -0.3 is 18.5 Å². The zero-order valence-corrected chi connectivity index (χ0v) is 12.3. The number of phosphoric ester groups is 1. The van der Waals surface area contributed by atoms with Crippen molar-refractivity contribution in [1.82, 2.24) is 0 Å². The maximum atomic E-state index is 11.9. The minimum Gasteiger partial charge on any atom is -0.395 e. The number of phosphoric acid groups is 1. The highest BCUT2D eigenvalue weighted by Gasteiger charge is 2.25. The summed E-state index contributed by atoms with van der Waals surface area (Å²) in [5.74, 6) is 0.652. The molecule has 0 saturated heterocycles. The zero-order chi connectivity index (χ0) is 16.7. The van der Waals surface area contributed by atoms with Crippen molar-refractivity contribution >= 4 is 7.82 Å². The van der Waals surface area contributed by atoms with Crippen LogP contribution in [0.25, 0.3) is 0 Å². The van der Waals surface area contributed by atoms with Crippen molar-refractivity contribution in [1.29, 1.82) is 10.5 Å². The molecule has 0 fully saturated rings. The quantitative estimate of drug-likeness (QED) is 0.633. The van der Waals surface area contributed by atoms with Crippen molar-refractivity contribution in [2.24, 2.45) is 0 Å². The molecule has 0 heterocycles. The van der Waals surface area contributed by atoms with Crippen LogP contribution in [0.5, 0.6) is 23.0 Å². The lowest BCUT2D eigenvalue weighted by molar-refractivity contribution is 0.290. The van der Waals surface area contributed by atoms with E-state index < -0.39 is 7.82 Å². The Balaban J connectivity index is 2.02. The van der Waals surface area contributed by atoms with Gasteiger partial charge >= 0.3 is 7.82 Å². The third-order valence-corrected chi connectivity index (χ3v) is 3.30. The van der Waals surface area contributed by atoms with E-state index in [0.717, 1.165) is 0 Å². The van der Waals surface area contributed by atoms with E-state index >= 15 is 0 Å². The van der Waals surface area contributed by atoms with Crippen LogP contribution >= 0.6 is 7.82 Å². The Morgan fingerprint density at radius 1 is 0.739 bits per heavy atom. The van der Waals surface area contributed by atoms with Gasteiger partial charge in [-0.25, -0.2) is 4.57 Å². The third-order valence-electron chi connectivity index (χ3n) is 2.42. The Morgan fingerprint density at radius 2 is 1.04 bits per heavy atom. The molecule has 0 amide bonds. The lowest BCUT2D eigenvalue weighted by Gasteiger charge is -2.13. The molecule has 0 aliphatic heterocycles. The van der Waals surface area contributed by atoms with Crippen molar-refractivity contribution in [2.45, 2.75) is 0 Å². The molecule has 0 spiro atoms. The molecule has 0 bridgehead atoms. The van der Waals surface area contributed by atoms with E-state index in [9.17, 15) is 9.46 Å². The fourth-order valence-electron chi connectivity index (χ4n) is 1.53.